The van der Waals surface area contributed by atoms with Crippen molar-refractivity contribution in [3.63, 3.8) is 0 Å². The molecule has 4 saturated carbocycles. The molecule has 3 N–H and O–H groups in total. The van der Waals surface area contributed by atoms with Gasteiger partial charge in [-0.1, -0.05) is 20.8 Å². The Kier molecular flexibility index (Phi) is 7.19. The topological polar surface area (TPSA) is 78.8 Å². The third-order valence-electron chi connectivity index (χ3n) is 11.7. The van der Waals surface area contributed by atoms with Crippen molar-refractivity contribution in [3.8, 4) is 5.75 Å². The average Bonchev–Trinajstić information content (AvgIpc) is 3.23. The number of hydrogen-bond acceptors (Lipinski definition) is 4. The number of benzene rings is 1. The number of aliphatic hydroxyl groups is 2. The summed E-state index contributed by atoms with van der Waals surface area (Å²) in [5.74, 6) is 4.18. The van der Waals surface area contributed by atoms with Crippen molar-refractivity contribution >= 4 is 11.6 Å². The molecule has 4 aliphatic carbocycles. The highest BCUT2D eigenvalue weighted by atomic mass is 16.5. The second kappa shape index (κ2) is 9.94. The Morgan fingerprint density at radius 2 is 1.81 bits per heavy atom. The second-order valence-electron chi connectivity index (χ2n) is 13.2. The minimum atomic E-state index is -0.269. The van der Waals surface area contributed by atoms with Gasteiger partial charge in [0.15, 0.2) is 0 Å². The van der Waals surface area contributed by atoms with E-state index in [4.69, 9.17) is 4.74 Å². The van der Waals surface area contributed by atoms with E-state index in [1.807, 2.05) is 24.3 Å². The predicted molar refractivity (Wildman–Crippen MR) is 143 cm³/mol. The number of methoxy groups -OCH3 is 1. The van der Waals surface area contributed by atoms with Gasteiger partial charge in [0, 0.05) is 12.1 Å². The van der Waals surface area contributed by atoms with Gasteiger partial charge >= 0.3 is 0 Å². The first-order chi connectivity index (χ1) is 17.2. The summed E-state index contributed by atoms with van der Waals surface area (Å²) in [7, 11) is 1.64. The Labute approximate surface area is 217 Å². The van der Waals surface area contributed by atoms with Crippen LogP contribution in [0.2, 0.25) is 0 Å². The lowest BCUT2D eigenvalue weighted by Crippen LogP contribution is -2.58. The maximum absolute atomic E-state index is 12.7. The Balaban J connectivity index is 1.23. The van der Waals surface area contributed by atoms with E-state index in [9.17, 15) is 15.0 Å². The molecule has 0 radical (unpaired) electrons. The molecule has 0 heterocycles. The number of rotatable bonds is 6. The number of amides is 1. The molecular weight excluding hydrogens is 450 g/mol. The molecule has 0 saturated heterocycles. The molecule has 5 heteroatoms. The van der Waals surface area contributed by atoms with E-state index in [0.29, 0.717) is 41.9 Å². The van der Waals surface area contributed by atoms with Crippen molar-refractivity contribution < 1.29 is 19.7 Å². The lowest BCUT2D eigenvalue weighted by molar-refractivity contribution is -0.174. The van der Waals surface area contributed by atoms with Crippen molar-refractivity contribution in [2.45, 2.75) is 97.2 Å². The van der Waals surface area contributed by atoms with Crippen molar-refractivity contribution in [1.82, 2.24) is 0 Å². The van der Waals surface area contributed by atoms with E-state index in [1.54, 1.807) is 7.11 Å². The highest BCUT2D eigenvalue weighted by molar-refractivity contribution is 5.90. The number of carbonyl (C=O) groups is 1. The van der Waals surface area contributed by atoms with Crippen LogP contribution in [0.1, 0.15) is 85.0 Å². The van der Waals surface area contributed by atoms with Gasteiger partial charge in [-0.3, -0.25) is 4.79 Å². The Morgan fingerprint density at radius 1 is 1.06 bits per heavy atom. The van der Waals surface area contributed by atoms with Crippen LogP contribution < -0.4 is 10.1 Å². The SMILES string of the molecule is COc1ccc(NC(=O)CCC(C)C2CCC3C4CCC5CC(O)CCC5(C)C4CC(O)C23C)cc1. The predicted octanol–water partition coefficient (Wildman–Crippen LogP) is 6.04. The molecular formula is C31H47NO4. The van der Waals surface area contributed by atoms with Crippen molar-refractivity contribution in [2.75, 3.05) is 12.4 Å². The Hall–Kier alpha value is -1.59. The van der Waals surface area contributed by atoms with Gasteiger partial charge in [-0.15, -0.1) is 0 Å². The number of ether oxygens (including phenoxy) is 1. The molecule has 200 valence electrons. The highest BCUT2D eigenvalue weighted by Crippen LogP contribution is 2.68. The fourth-order valence-corrected chi connectivity index (χ4v) is 9.62. The van der Waals surface area contributed by atoms with E-state index < -0.39 is 0 Å². The molecule has 10 unspecified atom stereocenters. The van der Waals surface area contributed by atoms with Crippen molar-refractivity contribution in [3.05, 3.63) is 24.3 Å². The lowest BCUT2D eigenvalue weighted by atomic mass is 9.43. The first-order valence-electron chi connectivity index (χ1n) is 14.5. The van der Waals surface area contributed by atoms with Gasteiger partial charge in [0.2, 0.25) is 5.91 Å². The number of carbonyl (C=O) groups excluding carboxylic acids is 1. The second-order valence-corrected chi connectivity index (χ2v) is 13.2. The maximum Gasteiger partial charge on any atom is 0.224 e. The van der Waals surface area contributed by atoms with E-state index >= 15 is 0 Å². The lowest BCUT2D eigenvalue weighted by Gasteiger charge is -2.62. The van der Waals surface area contributed by atoms with Crippen LogP contribution in [-0.2, 0) is 4.79 Å². The first-order valence-corrected chi connectivity index (χ1v) is 14.5. The Morgan fingerprint density at radius 3 is 2.53 bits per heavy atom. The summed E-state index contributed by atoms with van der Waals surface area (Å²) in [5.41, 5.74) is 1.02. The van der Waals surface area contributed by atoms with Crippen LogP contribution in [0.15, 0.2) is 24.3 Å². The summed E-state index contributed by atoms with van der Waals surface area (Å²) >= 11 is 0. The smallest absolute Gasteiger partial charge is 0.224 e. The molecule has 4 fully saturated rings. The van der Waals surface area contributed by atoms with Crippen LogP contribution in [0.4, 0.5) is 5.69 Å². The summed E-state index contributed by atoms with van der Waals surface area (Å²) in [4.78, 5) is 12.7. The standard InChI is InChI=1S/C31H47NO4/c1-19(5-14-29(35)32-21-7-9-23(36-4)10-8-21)25-12-13-26-24-11-6-20-17-22(33)15-16-30(20,2)27(24)18-28(34)31(25,26)3/h7-10,19-20,22,24-28,33-34H,5-6,11-18H2,1-4H3,(H,32,35). The summed E-state index contributed by atoms with van der Waals surface area (Å²) in [5, 5.41) is 25.1. The number of anilines is 1. The molecule has 36 heavy (non-hydrogen) atoms. The minimum absolute atomic E-state index is 0.0512. The van der Waals surface area contributed by atoms with Crippen molar-refractivity contribution in [1.29, 1.82) is 0 Å². The number of nitrogens with one attached hydrogen (secondary N) is 1. The quantitative estimate of drug-likeness (QED) is 0.448. The zero-order valence-corrected chi connectivity index (χ0v) is 22.7. The molecule has 5 rings (SSSR count). The Bertz CT molecular complexity index is 933. The molecule has 0 bridgehead atoms. The zero-order chi connectivity index (χ0) is 25.7. The van der Waals surface area contributed by atoms with Gasteiger partial charge < -0.3 is 20.3 Å². The fraction of sp³-hybridized carbons (Fsp3) is 0.774. The zero-order valence-electron chi connectivity index (χ0n) is 22.7. The van der Waals surface area contributed by atoms with Gasteiger partial charge in [0.25, 0.3) is 0 Å². The molecule has 10 atom stereocenters. The van der Waals surface area contributed by atoms with Gasteiger partial charge in [-0.2, -0.15) is 0 Å². The molecule has 4 aliphatic rings. The minimum Gasteiger partial charge on any atom is -0.497 e. The third-order valence-corrected chi connectivity index (χ3v) is 11.7. The molecule has 1 amide bonds. The van der Waals surface area contributed by atoms with Crippen LogP contribution in [-0.4, -0.2) is 35.4 Å². The fourth-order valence-electron chi connectivity index (χ4n) is 9.62. The van der Waals surface area contributed by atoms with Crippen LogP contribution in [0.25, 0.3) is 0 Å². The average molecular weight is 498 g/mol. The molecule has 0 aliphatic heterocycles. The molecule has 0 aromatic heterocycles. The van der Waals surface area contributed by atoms with Crippen LogP contribution >= 0.6 is 0 Å². The van der Waals surface area contributed by atoms with E-state index in [1.165, 1.54) is 25.7 Å². The summed E-state index contributed by atoms with van der Waals surface area (Å²) in [6.07, 6.45) is 9.75. The van der Waals surface area contributed by atoms with E-state index in [-0.39, 0.29) is 28.9 Å². The van der Waals surface area contributed by atoms with Crippen LogP contribution in [0.3, 0.4) is 0 Å². The van der Waals surface area contributed by atoms with Crippen LogP contribution in [0, 0.1) is 46.3 Å². The van der Waals surface area contributed by atoms with Crippen molar-refractivity contribution in [2.24, 2.45) is 46.3 Å². The molecule has 0 spiro atoms. The molecule has 1 aromatic rings. The van der Waals surface area contributed by atoms with Gasteiger partial charge in [0.1, 0.15) is 5.75 Å². The van der Waals surface area contributed by atoms with Crippen LogP contribution in [0.5, 0.6) is 5.75 Å². The maximum atomic E-state index is 12.7. The van der Waals surface area contributed by atoms with E-state index in [0.717, 1.165) is 43.5 Å². The van der Waals surface area contributed by atoms with Gasteiger partial charge in [-0.05, 0) is 128 Å². The summed E-state index contributed by atoms with van der Waals surface area (Å²) in [6.45, 7) is 7.16. The summed E-state index contributed by atoms with van der Waals surface area (Å²) in [6, 6.07) is 7.47. The largest absolute Gasteiger partial charge is 0.497 e. The number of fused-ring (bicyclic) bond motifs is 5. The van der Waals surface area contributed by atoms with E-state index in [2.05, 4.69) is 26.1 Å². The monoisotopic (exact) mass is 497 g/mol. The van der Waals surface area contributed by atoms with Gasteiger partial charge in [-0.25, -0.2) is 0 Å². The third kappa shape index (κ3) is 4.38. The van der Waals surface area contributed by atoms with Gasteiger partial charge in [0.05, 0.1) is 19.3 Å². The first kappa shape index (κ1) is 26.0. The molecule has 1 aromatic carbocycles. The molecule has 5 nitrogen and oxygen atoms in total. The highest BCUT2D eigenvalue weighted by Gasteiger charge is 2.63. The number of hydrogen-bond donors (Lipinski definition) is 3. The normalized spacial score (nSPS) is 42.6. The summed E-state index contributed by atoms with van der Waals surface area (Å²) < 4.78 is 5.20. The number of aliphatic hydroxyl groups excluding tert-OH is 2.